The molecule has 74 valence electrons. The van der Waals surface area contributed by atoms with Crippen molar-refractivity contribution in [2.24, 2.45) is 0 Å². The Morgan fingerprint density at radius 3 is 2.71 bits per heavy atom. The van der Waals surface area contributed by atoms with E-state index in [9.17, 15) is 0 Å². The molecule has 2 aromatic rings. The molecule has 2 heterocycles. The van der Waals surface area contributed by atoms with Crippen molar-refractivity contribution in [3.63, 3.8) is 0 Å². The Kier molecular flexibility index (Phi) is 1.74. The summed E-state index contributed by atoms with van der Waals surface area (Å²) < 4.78 is 1.80. The highest BCUT2D eigenvalue weighted by Gasteiger charge is 2.19. The van der Waals surface area contributed by atoms with Crippen molar-refractivity contribution in [3.8, 4) is 0 Å². The molecular formula is C10H14N4. The van der Waals surface area contributed by atoms with Crippen LogP contribution in [-0.4, -0.2) is 14.6 Å². The second-order valence-corrected chi connectivity index (χ2v) is 4.42. The molecule has 2 N–H and O–H groups in total. The first-order chi connectivity index (χ1) is 6.50. The molecule has 0 aliphatic rings. The quantitative estimate of drug-likeness (QED) is 0.686. The molecule has 0 aliphatic heterocycles. The number of fused-ring (bicyclic) bond motifs is 1. The van der Waals surface area contributed by atoms with Crippen molar-refractivity contribution in [2.45, 2.75) is 26.2 Å². The minimum absolute atomic E-state index is 0.0280. The summed E-state index contributed by atoms with van der Waals surface area (Å²) in [6.45, 7) is 6.38. The summed E-state index contributed by atoms with van der Waals surface area (Å²) >= 11 is 0. The molecule has 0 radical (unpaired) electrons. The molecule has 0 spiro atoms. The van der Waals surface area contributed by atoms with Gasteiger partial charge in [-0.2, -0.15) is 5.10 Å². The van der Waals surface area contributed by atoms with Crippen LogP contribution in [0.5, 0.6) is 0 Å². The standard InChI is InChI=1S/C10H14N4/c1-10(2,3)8-6-12-9-7(11)4-5-13-14(8)9/h4-6H,11H2,1-3H3. The zero-order valence-corrected chi connectivity index (χ0v) is 8.65. The molecule has 2 rings (SSSR count). The third-order valence-corrected chi connectivity index (χ3v) is 2.20. The number of nitrogen functional groups attached to an aromatic ring is 1. The van der Waals surface area contributed by atoms with Gasteiger partial charge in [0.05, 0.1) is 23.8 Å². The van der Waals surface area contributed by atoms with Crippen molar-refractivity contribution in [1.82, 2.24) is 14.6 Å². The number of hydrogen-bond acceptors (Lipinski definition) is 3. The van der Waals surface area contributed by atoms with Crippen LogP contribution < -0.4 is 5.73 Å². The molecule has 4 heteroatoms. The van der Waals surface area contributed by atoms with Gasteiger partial charge in [-0.1, -0.05) is 20.8 Å². The number of aromatic nitrogens is 3. The van der Waals surface area contributed by atoms with E-state index in [1.54, 1.807) is 16.8 Å². The molecule has 14 heavy (non-hydrogen) atoms. The van der Waals surface area contributed by atoms with Gasteiger partial charge in [-0.15, -0.1) is 0 Å². The second-order valence-electron chi connectivity index (χ2n) is 4.42. The summed E-state index contributed by atoms with van der Waals surface area (Å²) in [5, 5.41) is 4.24. The zero-order chi connectivity index (χ0) is 10.3. The fourth-order valence-corrected chi connectivity index (χ4v) is 1.43. The second kappa shape index (κ2) is 2.70. The van der Waals surface area contributed by atoms with Crippen molar-refractivity contribution in [1.29, 1.82) is 0 Å². The van der Waals surface area contributed by atoms with Gasteiger partial charge in [-0.05, 0) is 6.07 Å². The summed E-state index contributed by atoms with van der Waals surface area (Å²) in [4.78, 5) is 4.26. The minimum atomic E-state index is 0.0280. The average molecular weight is 190 g/mol. The van der Waals surface area contributed by atoms with Gasteiger partial charge in [0.2, 0.25) is 0 Å². The highest BCUT2D eigenvalue weighted by atomic mass is 15.3. The predicted octanol–water partition coefficient (Wildman–Crippen LogP) is 1.61. The van der Waals surface area contributed by atoms with Gasteiger partial charge < -0.3 is 5.73 Å². The lowest BCUT2D eigenvalue weighted by atomic mass is 9.93. The van der Waals surface area contributed by atoms with Crippen LogP contribution in [0.4, 0.5) is 5.69 Å². The van der Waals surface area contributed by atoms with Gasteiger partial charge in [0.1, 0.15) is 0 Å². The zero-order valence-electron chi connectivity index (χ0n) is 8.65. The maximum absolute atomic E-state index is 5.79. The Hall–Kier alpha value is -1.58. The van der Waals surface area contributed by atoms with Crippen LogP contribution in [0.3, 0.4) is 0 Å². The largest absolute Gasteiger partial charge is 0.396 e. The molecule has 0 amide bonds. The number of nitrogens with zero attached hydrogens (tertiary/aromatic N) is 3. The van der Waals surface area contributed by atoms with E-state index < -0.39 is 0 Å². The topological polar surface area (TPSA) is 56.2 Å². The highest BCUT2D eigenvalue weighted by Crippen LogP contribution is 2.23. The summed E-state index contributed by atoms with van der Waals surface area (Å²) in [5.41, 5.74) is 8.28. The molecule has 0 saturated carbocycles. The van der Waals surface area contributed by atoms with Crippen molar-refractivity contribution >= 4 is 11.3 Å². The number of hydrogen-bond donors (Lipinski definition) is 1. The fraction of sp³-hybridized carbons (Fsp3) is 0.400. The van der Waals surface area contributed by atoms with Crippen molar-refractivity contribution in [2.75, 3.05) is 5.73 Å². The van der Waals surface area contributed by atoms with E-state index in [0.29, 0.717) is 5.69 Å². The van der Waals surface area contributed by atoms with Crippen LogP contribution in [0.25, 0.3) is 5.65 Å². The van der Waals surface area contributed by atoms with E-state index in [2.05, 4.69) is 30.9 Å². The van der Waals surface area contributed by atoms with E-state index in [1.165, 1.54) is 0 Å². The third-order valence-electron chi connectivity index (χ3n) is 2.20. The fourth-order valence-electron chi connectivity index (χ4n) is 1.43. The molecule has 0 aliphatic carbocycles. The Bertz CT molecular complexity index is 464. The summed E-state index contributed by atoms with van der Waals surface area (Å²) in [6, 6.07) is 1.76. The monoisotopic (exact) mass is 190 g/mol. The van der Waals surface area contributed by atoms with Crippen LogP contribution in [-0.2, 0) is 5.41 Å². The Labute approximate surface area is 82.8 Å². The van der Waals surface area contributed by atoms with Gasteiger partial charge in [0, 0.05) is 5.41 Å². The first-order valence-electron chi connectivity index (χ1n) is 4.59. The summed E-state index contributed by atoms with van der Waals surface area (Å²) in [5.74, 6) is 0. The SMILES string of the molecule is CC(C)(C)c1cnc2c(N)ccnn12. The molecule has 4 nitrogen and oxygen atoms in total. The Morgan fingerprint density at radius 1 is 1.36 bits per heavy atom. The molecule has 0 bridgehead atoms. The van der Waals surface area contributed by atoms with E-state index in [-0.39, 0.29) is 5.41 Å². The molecule has 0 saturated heterocycles. The lowest BCUT2D eigenvalue weighted by molar-refractivity contribution is 0.551. The highest BCUT2D eigenvalue weighted by molar-refractivity contribution is 5.63. The van der Waals surface area contributed by atoms with Crippen molar-refractivity contribution < 1.29 is 0 Å². The van der Waals surface area contributed by atoms with E-state index in [0.717, 1.165) is 11.3 Å². The molecule has 0 fully saturated rings. The van der Waals surface area contributed by atoms with Crippen LogP contribution in [0.2, 0.25) is 0 Å². The molecule has 0 atom stereocenters. The maximum atomic E-state index is 5.79. The minimum Gasteiger partial charge on any atom is -0.396 e. The Morgan fingerprint density at radius 2 is 2.07 bits per heavy atom. The number of imidazole rings is 1. The average Bonchev–Trinajstić information content (AvgIpc) is 2.47. The van der Waals surface area contributed by atoms with Crippen molar-refractivity contribution in [3.05, 3.63) is 24.2 Å². The normalized spacial score (nSPS) is 12.2. The lowest BCUT2D eigenvalue weighted by Crippen LogP contribution is -2.15. The molecular weight excluding hydrogens is 176 g/mol. The molecule has 0 unspecified atom stereocenters. The summed E-state index contributed by atoms with van der Waals surface area (Å²) in [6.07, 6.45) is 3.53. The Balaban J connectivity index is 2.76. The van der Waals surface area contributed by atoms with Crippen LogP contribution >= 0.6 is 0 Å². The van der Waals surface area contributed by atoms with E-state index in [4.69, 9.17) is 5.73 Å². The first-order valence-corrected chi connectivity index (χ1v) is 4.59. The van der Waals surface area contributed by atoms with Gasteiger partial charge >= 0.3 is 0 Å². The summed E-state index contributed by atoms with van der Waals surface area (Å²) in [7, 11) is 0. The number of nitrogens with two attached hydrogens (primary N) is 1. The maximum Gasteiger partial charge on any atom is 0.177 e. The molecule has 2 aromatic heterocycles. The van der Waals surface area contributed by atoms with Gasteiger partial charge in [-0.25, -0.2) is 9.50 Å². The molecule has 0 aromatic carbocycles. The predicted molar refractivity (Wildman–Crippen MR) is 56.1 cm³/mol. The van der Waals surface area contributed by atoms with Gasteiger partial charge in [0.15, 0.2) is 5.65 Å². The number of anilines is 1. The van der Waals surface area contributed by atoms with E-state index >= 15 is 0 Å². The van der Waals surface area contributed by atoms with Crippen LogP contribution in [0.15, 0.2) is 18.5 Å². The van der Waals surface area contributed by atoms with Crippen LogP contribution in [0.1, 0.15) is 26.5 Å². The first kappa shape index (κ1) is 8.99. The van der Waals surface area contributed by atoms with E-state index in [1.807, 2.05) is 6.20 Å². The van der Waals surface area contributed by atoms with Gasteiger partial charge in [-0.3, -0.25) is 0 Å². The van der Waals surface area contributed by atoms with Gasteiger partial charge in [0.25, 0.3) is 0 Å². The number of rotatable bonds is 0. The smallest absolute Gasteiger partial charge is 0.177 e. The lowest BCUT2D eigenvalue weighted by Gasteiger charge is -2.16. The van der Waals surface area contributed by atoms with Crippen LogP contribution in [0, 0.1) is 0 Å². The third kappa shape index (κ3) is 1.23.